The molecule has 0 bridgehead atoms. The number of esters is 2. The molecule has 4 unspecified atom stereocenters. The maximum absolute atomic E-state index is 11.9. The predicted octanol–water partition coefficient (Wildman–Crippen LogP) is 3.58. The molecule has 0 aromatic rings. The number of hydrogen-bond acceptors (Lipinski definition) is 4. The molecule has 4 heteroatoms. The van der Waals surface area contributed by atoms with Gasteiger partial charge in [-0.2, -0.15) is 0 Å². The minimum Gasteiger partial charge on any atom is -0.458 e. The van der Waals surface area contributed by atoms with Gasteiger partial charge in [-0.05, 0) is 25.7 Å². The Balaban J connectivity index is 4.77. The third kappa shape index (κ3) is 5.93. The van der Waals surface area contributed by atoms with Gasteiger partial charge in [-0.15, -0.1) is 0 Å². The Morgan fingerprint density at radius 3 is 1.80 bits per heavy atom. The first-order chi connectivity index (χ1) is 9.24. The molecule has 0 amide bonds. The van der Waals surface area contributed by atoms with Crippen molar-refractivity contribution in [3.8, 4) is 0 Å². The third-order valence-corrected chi connectivity index (χ3v) is 3.71. The normalized spacial score (nSPS) is 17.2. The van der Waals surface area contributed by atoms with Crippen molar-refractivity contribution in [1.29, 1.82) is 0 Å². The van der Waals surface area contributed by atoms with Gasteiger partial charge in [-0.1, -0.05) is 41.5 Å². The zero-order chi connectivity index (χ0) is 15.9. The summed E-state index contributed by atoms with van der Waals surface area (Å²) in [5.41, 5.74) is 0. The molecule has 0 saturated carbocycles. The lowest BCUT2D eigenvalue weighted by Crippen LogP contribution is -2.39. The number of carbonyl (C=O) groups is 2. The molecule has 0 aromatic heterocycles. The van der Waals surface area contributed by atoms with Crippen molar-refractivity contribution >= 4 is 11.9 Å². The fourth-order valence-corrected chi connectivity index (χ4v) is 1.71. The molecular weight excluding hydrogens is 256 g/mol. The van der Waals surface area contributed by atoms with Crippen LogP contribution in [0, 0.1) is 17.8 Å². The van der Waals surface area contributed by atoms with Gasteiger partial charge in [0.05, 0.1) is 11.8 Å². The molecule has 0 aliphatic rings. The topological polar surface area (TPSA) is 52.6 Å². The molecule has 0 heterocycles. The first-order valence-corrected chi connectivity index (χ1v) is 7.65. The van der Waals surface area contributed by atoms with Crippen LogP contribution in [0.4, 0.5) is 0 Å². The average Bonchev–Trinajstić information content (AvgIpc) is 2.41. The summed E-state index contributed by atoms with van der Waals surface area (Å²) >= 11 is 0. The predicted molar refractivity (Wildman–Crippen MR) is 79.2 cm³/mol. The van der Waals surface area contributed by atoms with E-state index < -0.39 is 6.10 Å². The fourth-order valence-electron chi connectivity index (χ4n) is 1.71. The highest BCUT2D eigenvalue weighted by Gasteiger charge is 2.30. The second kappa shape index (κ2) is 8.98. The number of ether oxygens (including phenoxy) is 2. The molecule has 0 aliphatic heterocycles. The van der Waals surface area contributed by atoms with Gasteiger partial charge in [0.1, 0.15) is 12.2 Å². The van der Waals surface area contributed by atoms with E-state index in [4.69, 9.17) is 9.47 Å². The monoisotopic (exact) mass is 286 g/mol. The summed E-state index contributed by atoms with van der Waals surface area (Å²) < 4.78 is 11.0. The van der Waals surface area contributed by atoms with Crippen LogP contribution in [0.25, 0.3) is 0 Å². The second-order valence-electron chi connectivity index (χ2n) is 5.89. The molecule has 0 rings (SSSR count). The van der Waals surface area contributed by atoms with Gasteiger partial charge < -0.3 is 9.47 Å². The third-order valence-electron chi connectivity index (χ3n) is 3.71. The molecule has 0 spiro atoms. The average molecular weight is 286 g/mol. The van der Waals surface area contributed by atoms with Crippen LogP contribution in [0.15, 0.2) is 0 Å². The summed E-state index contributed by atoms with van der Waals surface area (Å²) in [6.45, 7) is 13.2. The van der Waals surface area contributed by atoms with E-state index >= 15 is 0 Å². The molecule has 0 radical (unpaired) electrons. The lowest BCUT2D eigenvalue weighted by molar-refractivity contribution is -0.175. The van der Waals surface area contributed by atoms with E-state index in [1.165, 1.54) is 0 Å². The molecular formula is C16H30O4. The lowest BCUT2D eigenvalue weighted by atomic mass is 9.97. The van der Waals surface area contributed by atoms with Crippen LogP contribution in [0.3, 0.4) is 0 Å². The van der Waals surface area contributed by atoms with Gasteiger partial charge in [0.25, 0.3) is 0 Å². The van der Waals surface area contributed by atoms with Crippen molar-refractivity contribution in [2.45, 2.75) is 73.5 Å². The molecule has 20 heavy (non-hydrogen) atoms. The molecule has 4 atom stereocenters. The van der Waals surface area contributed by atoms with E-state index in [1.54, 1.807) is 20.8 Å². The highest BCUT2D eigenvalue weighted by atomic mass is 16.6. The Morgan fingerprint density at radius 1 is 0.850 bits per heavy atom. The Hall–Kier alpha value is -1.06. The standard InChI is InChI=1S/C16H30O4/c1-8-11(5)14(20-15(17)10(3)4)13(7)19-16(18)12(6)9-2/h10-14H,8-9H2,1-7H3. The summed E-state index contributed by atoms with van der Waals surface area (Å²) in [6, 6.07) is 0. The Bertz CT molecular complexity index is 312. The first-order valence-electron chi connectivity index (χ1n) is 7.65. The van der Waals surface area contributed by atoms with Gasteiger partial charge in [0.15, 0.2) is 0 Å². The fraction of sp³-hybridized carbons (Fsp3) is 0.875. The summed E-state index contributed by atoms with van der Waals surface area (Å²) in [4.78, 5) is 23.6. The van der Waals surface area contributed by atoms with Crippen LogP contribution >= 0.6 is 0 Å². The molecule has 4 nitrogen and oxygen atoms in total. The zero-order valence-electron chi connectivity index (χ0n) is 13.9. The van der Waals surface area contributed by atoms with E-state index in [1.807, 2.05) is 27.7 Å². The second-order valence-corrected chi connectivity index (χ2v) is 5.89. The summed E-state index contributed by atoms with van der Waals surface area (Å²) in [6.07, 6.45) is 0.795. The van der Waals surface area contributed by atoms with Crippen LogP contribution in [-0.2, 0) is 19.1 Å². The van der Waals surface area contributed by atoms with Crippen LogP contribution in [0.2, 0.25) is 0 Å². The zero-order valence-corrected chi connectivity index (χ0v) is 13.9. The van der Waals surface area contributed by atoms with Crippen molar-refractivity contribution < 1.29 is 19.1 Å². The Morgan fingerprint density at radius 2 is 1.40 bits per heavy atom. The minimum absolute atomic E-state index is 0.129. The van der Waals surface area contributed by atoms with Crippen molar-refractivity contribution in [1.82, 2.24) is 0 Å². The van der Waals surface area contributed by atoms with Gasteiger partial charge >= 0.3 is 11.9 Å². The maximum Gasteiger partial charge on any atom is 0.309 e. The van der Waals surface area contributed by atoms with Gasteiger partial charge in [-0.25, -0.2) is 0 Å². The van der Waals surface area contributed by atoms with Crippen molar-refractivity contribution in [3.63, 3.8) is 0 Å². The Kier molecular flexibility index (Phi) is 8.51. The van der Waals surface area contributed by atoms with E-state index in [-0.39, 0.29) is 35.8 Å². The summed E-state index contributed by atoms with van der Waals surface area (Å²) in [5.74, 6) is -0.636. The van der Waals surface area contributed by atoms with Crippen molar-refractivity contribution in [2.24, 2.45) is 17.8 Å². The van der Waals surface area contributed by atoms with Gasteiger partial charge in [0, 0.05) is 0 Å². The number of hydrogen-bond donors (Lipinski definition) is 0. The summed E-state index contributed by atoms with van der Waals surface area (Å²) in [7, 11) is 0. The van der Waals surface area contributed by atoms with E-state index in [9.17, 15) is 9.59 Å². The smallest absolute Gasteiger partial charge is 0.309 e. The number of rotatable bonds is 8. The SMILES string of the molecule is CCC(C)C(=O)OC(C)C(OC(=O)C(C)C)C(C)CC. The van der Waals surface area contributed by atoms with Crippen LogP contribution in [0.5, 0.6) is 0 Å². The molecule has 0 N–H and O–H groups in total. The highest BCUT2D eigenvalue weighted by Crippen LogP contribution is 2.20. The van der Waals surface area contributed by atoms with E-state index in [2.05, 4.69) is 0 Å². The van der Waals surface area contributed by atoms with Crippen molar-refractivity contribution in [3.05, 3.63) is 0 Å². The van der Waals surface area contributed by atoms with Gasteiger partial charge in [-0.3, -0.25) is 9.59 Å². The lowest BCUT2D eigenvalue weighted by Gasteiger charge is -2.29. The molecule has 0 aromatic carbocycles. The molecule has 0 aliphatic carbocycles. The largest absolute Gasteiger partial charge is 0.458 e. The van der Waals surface area contributed by atoms with Crippen LogP contribution in [-0.4, -0.2) is 24.1 Å². The molecule has 0 saturated heterocycles. The van der Waals surface area contributed by atoms with E-state index in [0.717, 1.165) is 12.8 Å². The van der Waals surface area contributed by atoms with Crippen LogP contribution < -0.4 is 0 Å². The van der Waals surface area contributed by atoms with Crippen molar-refractivity contribution in [2.75, 3.05) is 0 Å². The molecule has 0 fully saturated rings. The summed E-state index contributed by atoms with van der Waals surface area (Å²) in [5, 5.41) is 0. The highest BCUT2D eigenvalue weighted by molar-refractivity contribution is 5.73. The quantitative estimate of drug-likeness (QED) is 0.640. The maximum atomic E-state index is 11.9. The van der Waals surface area contributed by atoms with Crippen LogP contribution in [0.1, 0.15) is 61.3 Å². The Labute approximate surface area is 123 Å². The van der Waals surface area contributed by atoms with Gasteiger partial charge in [0.2, 0.25) is 0 Å². The molecule has 118 valence electrons. The minimum atomic E-state index is -0.422. The first kappa shape index (κ1) is 18.9. The van der Waals surface area contributed by atoms with E-state index in [0.29, 0.717) is 0 Å². The number of carbonyl (C=O) groups excluding carboxylic acids is 2.